The number of nitrogens with one attached hydrogen (secondary N) is 2. The zero-order valence-electron chi connectivity index (χ0n) is 16.9. The molecular weight excluding hydrogens is 393 g/mol. The van der Waals surface area contributed by atoms with Gasteiger partial charge in [-0.05, 0) is 36.8 Å². The van der Waals surface area contributed by atoms with Gasteiger partial charge in [0.25, 0.3) is 11.8 Å². The summed E-state index contributed by atoms with van der Waals surface area (Å²) in [5.74, 6) is -2.16. The van der Waals surface area contributed by atoms with E-state index < -0.39 is 42.5 Å². The summed E-state index contributed by atoms with van der Waals surface area (Å²) in [6.45, 7) is 1.03. The van der Waals surface area contributed by atoms with Crippen molar-refractivity contribution in [3.05, 3.63) is 35.6 Å². The number of hydrogen-bond acceptors (Lipinski definition) is 5. The fourth-order valence-corrected chi connectivity index (χ4v) is 4.05. The summed E-state index contributed by atoms with van der Waals surface area (Å²) in [7, 11) is 0. The van der Waals surface area contributed by atoms with Gasteiger partial charge in [-0.15, -0.1) is 0 Å². The van der Waals surface area contributed by atoms with Crippen LogP contribution in [0.3, 0.4) is 0 Å². The summed E-state index contributed by atoms with van der Waals surface area (Å²) in [5.41, 5.74) is -0.473. The summed E-state index contributed by atoms with van der Waals surface area (Å²) in [6, 6.07) is 5.64. The molecule has 3 rings (SSSR count). The predicted octanol–water partition coefficient (Wildman–Crippen LogP) is 1.53. The van der Waals surface area contributed by atoms with Crippen LogP contribution in [0.1, 0.15) is 38.2 Å². The highest BCUT2D eigenvalue weighted by atomic mass is 19.1. The Balaban J connectivity index is 1.43. The smallest absolute Gasteiger partial charge is 0.326 e. The van der Waals surface area contributed by atoms with Gasteiger partial charge < -0.3 is 15.4 Å². The number of benzene rings is 1. The van der Waals surface area contributed by atoms with E-state index in [1.807, 2.05) is 6.92 Å². The Morgan fingerprint density at radius 1 is 1.30 bits per heavy atom. The van der Waals surface area contributed by atoms with Gasteiger partial charge in [-0.2, -0.15) is 0 Å². The number of imide groups is 1. The monoisotopic (exact) mass is 419 g/mol. The van der Waals surface area contributed by atoms with E-state index in [0.29, 0.717) is 18.4 Å². The molecule has 0 aromatic heterocycles. The van der Waals surface area contributed by atoms with Gasteiger partial charge in [-0.25, -0.2) is 9.18 Å². The molecule has 2 aliphatic rings. The standard InChI is InChI=1S/C21H26FN3O5/c1-14-6-4-5-10-21(14)19(28)25(20(29)24-21)12-18(27)30-13-17(26)23-11-9-15-7-2-3-8-16(15)22/h2-3,7-8,14H,4-6,9-13H2,1H3,(H,23,26)(H,24,29)/t14-,21+/m1/s1. The minimum atomic E-state index is -0.945. The molecule has 1 saturated carbocycles. The maximum atomic E-state index is 13.5. The largest absolute Gasteiger partial charge is 0.454 e. The van der Waals surface area contributed by atoms with Crippen molar-refractivity contribution >= 4 is 23.8 Å². The summed E-state index contributed by atoms with van der Waals surface area (Å²) in [6.07, 6.45) is 3.52. The fourth-order valence-electron chi connectivity index (χ4n) is 4.05. The van der Waals surface area contributed by atoms with Gasteiger partial charge in [0.2, 0.25) is 0 Å². The molecule has 2 atom stereocenters. The summed E-state index contributed by atoms with van der Waals surface area (Å²) >= 11 is 0. The van der Waals surface area contributed by atoms with Crippen molar-refractivity contribution in [2.75, 3.05) is 19.7 Å². The van der Waals surface area contributed by atoms with Gasteiger partial charge in [0, 0.05) is 6.54 Å². The van der Waals surface area contributed by atoms with E-state index in [1.165, 1.54) is 6.07 Å². The second-order valence-electron chi connectivity index (χ2n) is 7.79. The van der Waals surface area contributed by atoms with Gasteiger partial charge in [-0.1, -0.05) is 38.0 Å². The Morgan fingerprint density at radius 2 is 2.07 bits per heavy atom. The van der Waals surface area contributed by atoms with E-state index in [9.17, 15) is 23.6 Å². The van der Waals surface area contributed by atoms with Crippen LogP contribution in [0.15, 0.2) is 24.3 Å². The molecule has 0 radical (unpaired) electrons. The normalized spacial score (nSPS) is 23.4. The molecule has 2 N–H and O–H groups in total. The van der Waals surface area contributed by atoms with E-state index in [2.05, 4.69) is 10.6 Å². The Morgan fingerprint density at radius 3 is 2.80 bits per heavy atom. The molecule has 1 aromatic carbocycles. The summed E-state index contributed by atoms with van der Waals surface area (Å²) < 4.78 is 18.4. The lowest BCUT2D eigenvalue weighted by Gasteiger charge is -2.36. The molecular formula is C21H26FN3O5. The van der Waals surface area contributed by atoms with Crippen LogP contribution in [0.5, 0.6) is 0 Å². The third kappa shape index (κ3) is 4.60. The van der Waals surface area contributed by atoms with Crippen molar-refractivity contribution in [1.29, 1.82) is 0 Å². The number of hydrogen-bond donors (Lipinski definition) is 2. The lowest BCUT2D eigenvalue weighted by molar-refractivity contribution is -0.151. The van der Waals surface area contributed by atoms with E-state index in [-0.39, 0.29) is 18.3 Å². The fraction of sp³-hybridized carbons (Fsp3) is 0.524. The zero-order chi connectivity index (χ0) is 21.7. The van der Waals surface area contributed by atoms with Gasteiger partial charge in [0.1, 0.15) is 17.9 Å². The highest BCUT2D eigenvalue weighted by Gasteiger charge is 2.55. The number of urea groups is 1. The predicted molar refractivity (Wildman–Crippen MR) is 105 cm³/mol. The maximum Gasteiger partial charge on any atom is 0.326 e. The van der Waals surface area contributed by atoms with Crippen molar-refractivity contribution in [2.45, 2.75) is 44.6 Å². The second kappa shape index (κ2) is 9.23. The maximum absolute atomic E-state index is 13.5. The summed E-state index contributed by atoms with van der Waals surface area (Å²) in [4.78, 5) is 49.8. The van der Waals surface area contributed by atoms with Crippen LogP contribution in [0.4, 0.5) is 9.18 Å². The second-order valence-corrected chi connectivity index (χ2v) is 7.79. The van der Waals surface area contributed by atoms with Crippen molar-refractivity contribution in [3.63, 3.8) is 0 Å². The van der Waals surface area contributed by atoms with Gasteiger partial charge in [0.15, 0.2) is 6.61 Å². The topological polar surface area (TPSA) is 105 Å². The van der Waals surface area contributed by atoms with E-state index >= 15 is 0 Å². The number of esters is 1. The van der Waals surface area contributed by atoms with Crippen LogP contribution in [-0.4, -0.2) is 54.0 Å². The van der Waals surface area contributed by atoms with Crippen molar-refractivity contribution in [3.8, 4) is 0 Å². The number of rotatable bonds is 7. The number of halogens is 1. The third-order valence-electron chi connectivity index (χ3n) is 5.83. The van der Waals surface area contributed by atoms with Crippen LogP contribution in [0.2, 0.25) is 0 Å². The molecule has 30 heavy (non-hydrogen) atoms. The molecule has 1 aliphatic carbocycles. The first-order valence-corrected chi connectivity index (χ1v) is 10.1. The molecule has 1 saturated heterocycles. The lowest BCUT2D eigenvalue weighted by Crippen LogP contribution is -2.54. The average molecular weight is 419 g/mol. The molecule has 1 heterocycles. The molecule has 1 spiro atoms. The number of carbonyl (C=O) groups excluding carboxylic acids is 4. The first-order valence-electron chi connectivity index (χ1n) is 10.1. The number of carbonyl (C=O) groups is 4. The first kappa shape index (κ1) is 21.7. The Labute approximate surface area is 174 Å². The molecule has 4 amide bonds. The SMILES string of the molecule is C[C@@H]1CCCC[C@]12NC(=O)N(CC(=O)OCC(=O)NCCc1ccccc1F)C2=O. The van der Waals surface area contributed by atoms with Crippen LogP contribution in [-0.2, 0) is 25.5 Å². The van der Waals surface area contributed by atoms with E-state index in [0.717, 1.165) is 24.2 Å². The molecule has 1 aliphatic heterocycles. The number of ether oxygens (including phenoxy) is 1. The molecule has 0 bridgehead atoms. The van der Waals surface area contributed by atoms with E-state index in [4.69, 9.17) is 4.74 Å². The zero-order valence-corrected chi connectivity index (χ0v) is 16.9. The lowest BCUT2D eigenvalue weighted by atomic mass is 9.73. The Bertz CT molecular complexity index is 846. The minimum Gasteiger partial charge on any atom is -0.454 e. The van der Waals surface area contributed by atoms with Gasteiger partial charge in [0.05, 0.1) is 0 Å². The van der Waals surface area contributed by atoms with Crippen molar-refractivity contribution < 1.29 is 28.3 Å². The van der Waals surface area contributed by atoms with Gasteiger partial charge >= 0.3 is 12.0 Å². The van der Waals surface area contributed by atoms with Crippen LogP contribution in [0, 0.1) is 11.7 Å². The average Bonchev–Trinajstić information content (AvgIpc) is 2.95. The number of nitrogens with zero attached hydrogens (tertiary/aromatic N) is 1. The van der Waals surface area contributed by atoms with Crippen LogP contribution in [0.25, 0.3) is 0 Å². The molecule has 0 unspecified atom stereocenters. The highest BCUT2D eigenvalue weighted by molar-refractivity contribution is 6.09. The van der Waals surface area contributed by atoms with Crippen molar-refractivity contribution in [2.24, 2.45) is 5.92 Å². The third-order valence-corrected chi connectivity index (χ3v) is 5.83. The van der Waals surface area contributed by atoms with E-state index in [1.54, 1.807) is 18.2 Å². The molecule has 9 heteroatoms. The molecule has 162 valence electrons. The van der Waals surface area contributed by atoms with Crippen LogP contribution >= 0.6 is 0 Å². The first-order chi connectivity index (χ1) is 14.3. The quantitative estimate of drug-likeness (QED) is 0.515. The molecule has 1 aromatic rings. The Hall–Kier alpha value is -2.97. The number of amides is 4. The minimum absolute atomic E-state index is 0.0102. The Kier molecular flexibility index (Phi) is 6.69. The van der Waals surface area contributed by atoms with Gasteiger partial charge in [-0.3, -0.25) is 19.3 Å². The highest BCUT2D eigenvalue weighted by Crippen LogP contribution is 2.38. The van der Waals surface area contributed by atoms with Crippen LogP contribution < -0.4 is 10.6 Å². The molecule has 2 fully saturated rings. The van der Waals surface area contributed by atoms with Crippen molar-refractivity contribution in [1.82, 2.24) is 15.5 Å². The molecule has 8 nitrogen and oxygen atoms in total. The summed E-state index contributed by atoms with van der Waals surface area (Å²) in [5, 5.41) is 5.29.